The predicted molar refractivity (Wildman–Crippen MR) is 83.3 cm³/mol. The molecule has 1 aromatic heterocycles. The predicted octanol–water partition coefficient (Wildman–Crippen LogP) is 0.741. The Morgan fingerprint density at radius 2 is 2.09 bits per heavy atom. The molecular formula is C15H23N5O3. The fourth-order valence-corrected chi connectivity index (χ4v) is 3.77. The van der Waals surface area contributed by atoms with E-state index in [0.717, 1.165) is 19.4 Å². The maximum atomic E-state index is 12.2. The van der Waals surface area contributed by atoms with Gasteiger partial charge in [-0.25, -0.2) is 9.48 Å². The highest BCUT2D eigenvalue weighted by molar-refractivity contribution is 5.83. The molecule has 1 saturated carbocycles. The van der Waals surface area contributed by atoms with Gasteiger partial charge in [0.05, 0.1) is 0 Å². The molecule has 0 aromatic carbocycles. The van der Waals surface area contributed by atoms with Crippen molar-refractivity contribution in [2.24, 2.45) is 13.0 Å². The van der Waals surface area contributed by atoms with E-state index in [9.17, 15) is 9.59 Å². The van der Waals surface area contributed by atoms with Gasteiger partial charge in [0.2, 0.25) is 11.9 Å². The van der Waals surface area contributed by atoms with Gasteiger partial charge < -0.3 is 14.9 Å². The number of amides is 1. The summed E-state index contributed by atoms with van der Waals surface area (Å²) in [5, 5.41) is 12.9. The Balaban J connectivity index is 1.63. The van der Waals surface area contributed by atoms with Gasteiger partial charge in [0.15, 0.2) is 0 Å². The third-order valence-corrected chi connectivity index (χ3v) is 4.81. The molecule has 1 amide bonds. The first kappa shape index (κ1) is 15.8. The lowest BCUT2D eigenvalue weighted by atomic mass is 10.1. The highest BCUT2D eigenvalue weighted by Crippen LogP contribution is 2.30. The van der Waals surface area contributed by atoms with Gasteiger partial charge in [0, 0.05) is 45.6 Å². The van der Waals surface area contributed by atoms with E-state index in [1.165, 1.54) is 17.5 Å². The van der Waals surface area contributed by atoms with E-state index in [4.69, 9.17) is 5.11 Å². The smallest absolute Gasteiger partial charge is 0.375 e. The molecule has 1 atom stereocenters. The summed E-state index contributed by atoms with van der Waals surface area (Å²) < 4.78 is 1.47. The van der Waals surface area contributed by atoms with Crippen molar-refractivity contribution in [2.75, 3.05) is 25.0 Å². The lowest BCUT2D eigenvalue weighted by molar-refractivity contribution is -0.129. The Kier molecular flexibility index (Phi) is 4.23. The molecule has 1 N–H and O–H groups in total. The number of aromatic nitrogens is 3. The van der Waals surface area contributed by atoms with E-state index in [1.54, 1.807) is 7.05 Å². The largest absolute Gasteiger partial charge is 0.475 e. The number of likely N-dealkylation sites (tertiary alicyclic amines) is 1. The normalized spacial score (nSPS) is 22.1. The summed E-state index contributed by atoms with van der Waals surface area (Å²) in [5.41, 5.74) is 0. The standard InChI is InChI=1S/C15H23N5O3/c1-18(15-16-13(14(22)23)17-19(15)2)8-10-7-12(21)20(9-10)11-5-3-4-6-11/h10-11H,3-9H2,1-2H3,(H,22,23). The second kappa shape index (κ2) is 6.17. The zero-order valence-corrected chi connectivity index (χ0v) is 13.6. The van der Waals surface area contributed by atoms with Gasteiger partial charge in [-0.05, 0) is 12.8 Å². The van der Waals surface area contributed by atoms with Gasteiger partial charge in [0.1, 0.15) is 0 Å². The molecule has 1 saturated heterocycles. The van der Waals surface area contributed by atoms with Gasteiger partial charge in [0.25, 0.3) is 5.82 Å². The second-order valence-corrected chi connectivity index (χ2v) is 6.60. The van der Waals surface area contributed by atoms with Gasteiger partial charge in [-0.3, -0.25) is 4.79 Å². The van der Waals surface area contributed by atoms with Gasteiger partial charge in [-0.15, -0.1) is 5.10 Å². The molecule has 0 radical (unpaired) electrons. The van der Waals surface area contributed by atoms with Gasteiger partial charge in [-0.1, -0.05) is 12.8 Å². The minimum absolute atomic E-state index is 0.204. The van der Waals surface area contributed by atoms with Crippen molar-refractivity contribution in [1.82, 2.24) is 19.7 Å². The average molecular weight is 321 g/mol. The molecule has 2 heterocycles. The van der Waals surface area contributed by atoms with Crippen LogP contribution in [0.5, 0.6) is 0 Å². The molecule has 2 fully saturated rings. The summed E-state index contributed by atoms with van der Waals surface area (Å²) in [6.45, 7) is 1.46. The fraction of sp³-hybridized carbons (Fsp3) is 0.733. The molecule has 1 unspecified atom stereocenters. The van der Waals surface area contributed by atoms with Crippen molar-refractivity contribution in [3.63, 3.8) is 0 Å². The number of anilines is 1. The molecule has 0 spiro atoms. The fourth-order valence-electron chi connectivity index (χ4n) is 3.77. The quantitative estimate of drug-likeness (QED) is 0.860. The number of carbonyl (C=O) groups excluding carboxylic acids is 1. The zero-order valence-electron chi connectivity index (χ0n) is 13.6. The van der Waals surface area contributed by atoms with Crippen LogP contribution in [0.25, 0.3) is 0 Å². The SMILES string of the molecule is CN(CC1CC(=O)N(C2CCCC2)C1)c1nc(C(=O)O)nn1C. The average Bonchev–Trinajstić information content (AvgIpc) is 3.18. The molecule has 8 nitrogen and oxygen atoms in total. The highest BCUT2D eigenvalue weighted by atomic mass is 16.4. The molecule has 0 bridgehead atoms. The van der Waals surface area contributed by atoms with E-state index >= 15 is 0 Å². The van der Waals surface area contributed by atoms with E-state index in [1.807, 2.05) is 16.8 Å². The molecule has 23 heavy (non-hydrogen) atoms. The van der Waals surface area contributed by atoms with Crippen LogP contribution in [0, 0.1) is 5.92 Å². The second-order valence-electron chi connectivity index (χ2n) is 6.60. The van der Waals surface area contributed by atoms with Crippen molar-refractivity contribution >= 4 is 17.8 Å². The van der Waals surface area contributed by atoms with E-state index in [-0.39, 0.29) is 17.6 Å². The molecule has 3 rings (SSSR count). The highest BCUT2D eigenvalue weighted by Gasteiger charge is 2.36. The molecule has 2 aliphatic rings. The van der Waals surface area contributed by atoms with Crippen molar-refractivity contribution < 1.29 is 14.7 Å². The van der Waals surface area contributed by atoms with Crippen LogP contribution in [0.4, 0.5) is 5.95 Å². The number of aromatic carboxylic acids is 1. The number of hydrogen-bond acceptors (Lipinski definition) is 5. The number of carboxylic acids is 1. The van der Waals surface area contributed by atoms with Crippen LogP contribution in [0.1, 0.15) is 42.7 Å². The summed E-state index contributed by atoms with van der Waals surface area (Å²) in [5.74, 6) is -0.333. The van der Waals surface area contributed by atoms with Crippen molar-refractivity contribution in [2.45, 2.75) is 38.1 Å². The molecule has 1 aromatic rings. The maximum absolute atomic E-state index is 12.2. The topological polar surface area (TPSA) is 91.6 Å². The molecule has 1 aliphatic carbocycles. The third kappa shape index (κ3) is 3.16. The summed E-state index contributed by atoms with van der Waals surface area (Å²) in [6.07, 6.45) is 5.25. The summed E-state index contributed by atoms with van der Waals surface area (Å²) >= 11 is 0. The Morgan fingerprint density at radius 1 is 1.39 bits per heavy atom. The van der Waals surface area contributed by atoms with Gasteiger partial charge >= 0.3 is 5.97 Å². The zero-order chi connectivity index (χ0) is 16.6. The Labute approximate surface area is 135 Å². The molecular weight excluding hydrogens is 298 g/mol. The Bertz CT molecular complexity index is 608. The summed E-state index contributed by atoms with van der Waals surface area (Å²) in [7, 11) is 3.54. The first-order valence-corrected chi connectivity index (χ1v) is 8.10. The first-order valence-electron chi connectivity index (χ1n) is 8.10. The van der Waals surface area contributed by atoms with Crippen molar-refractivity contribution in [3.05, 3.63) is 5.82 Å². The number of aryl methyl sites for hydroxylation is 1. The van der Waals surface area contributed by atoms with E-state index in [0.29, 0.717) is 25.0 Å². The summed E-state index contributed by atoms with van der Waals surface area (Å²) in [4.78, 5) is 31.2. The summed E-state index contributed by atoms with van der Waals surface area (Å²) in [6, 6.07) is 0.422. The van der Waals surface area contributed by atoms with Gasteiger partial charge in [-0.2, -0.15) is 4.98 Å². The minimum atomic E-state index is -1.14. The van der Waals surface area contributed by atoms with E-state index in [2.05, 4.69) is 10.1 Å². The van der Waals surface area contributed by atoms with E-state index < -0.39 is 5.97 Å². The Morgan fingerprint density at radius 3 is 2.70 bits per heavy atom. The van der Waals surface area contributed by atoms with Crippen LogP contribution in [0.3, 0.4) is 0 Å². The van der Waals surface area contributed by atoms with Crippen LogP contribution >= 0.6 is 0 Å². The number of carbonyl (C=O) groups is 2. The minimum Gasteiger partial charge on any atom is -0.475 e. The molecule has 8 heteroatoms. The van der Waals surface area contributed by atoms with Crippen molar-refractivity contribution in [1.29, 1.82) is 0 Å². The number of hydrogen-bond donors (Lipinski definition) is 1. The van der Waals surface area contributed by atoms with Crippen molar-refractivity contribution in [3.8, 4) is 0 Å². The van der Waals surface area contributed by atoms with Crippen LogP contribution in [0.2, 0.25) is 0 Å². The van der Waals surface area contributed by atoms with Crippen LogP contribution < -0.4 is 4.90 Å². The maximum Gasteiger partial charge on any atom is 0.375 e. The lowest BCUT2D eigenvalue weighted by Gasteiger charge is -2.25. The molecule has 126 valence electrons. The number of rotatable bonds is 5. The first-order chi connectivity index (χ1) is 11.0. The third-order valence-electron chi connectivity index (χ3n) is 4.81. The number of nitrogens with zero attached hydrogens (tertiary/aromatic N) is 5. The van der Waals surface area contributed by atoms with Crippen LogP contribution in [0.15, 0.2) is 0 Å². The monoisotopic (exact) mass is 321 g/mol. The Hall–Kier alpha value is -2.12. The lowest BCUT2D eigenvalue weighted by Crippen LogP contribution is -2.35. The van der Waals surface area contributed by atoms with Crippen LogP contribution in [-0.4, -0.2) is 62.8 Å². The van der Waals surface area contributed by atoms with Crippen LogP contribution in [-0.2, 0) is 11.8 Å². The molecule has 1 aliphatic heterocycles. The number of carboxylic acid groups (broad SMARTS) is 1.